The van der Waals surface area contributed by atoms with Crippen molar-refractivity contribution in [2.45, 2.75) is 25.7 Å². The number of ketones is 2. The van der Waals surface area contributed by atoms with Crippen molar-refractivity contribution in [3.05, 3.63) is 95.4 Å². The molecular weight excluding hydrogens is 501 g/mol. The molecule has 0 saturated heterocycles. The van der Waals surface area contributed by atoms with E-state index in [1.807, 2.05) is 0 Å². The monoisotopic (exact) mass is 527 g/mol. The third-order valence-corrected chi connectivity index (χ3v) is 7.04. The first-order valence-corrected chi connectivity index (χ1v) is 12.5. The molecule has 1 aliphatic carbocycles. The lowest BCUT2D eigenvalue weighted by Crippen LogP contribution is -2.28. The zero-order valence-electron chi connectivity index (χ0n) is 21.5. The third kappa shape index (κ3) is 5.36. The molecule has 5 rings (SSSR count). The Labute approximate surface area is 224 Å². The lowest BCUT2D eigenvalue weighted by atomic mass is 9.88. The lowest BCUT2D eigenvalue weighted by molar-refractivity contribution is -0.133. The molecule has 0 amide bonds. The van der Waals surface area contributed by atoms with Crippen molar-refractivity contribution in [2.24, 2.45) is 5.41 Å². The Bertz CT molecular complexity index is 1560. The zero-order valence-corrected chi connectivity index (χ0v) is 21.5. The van der Waals surface area contributed by atoms with Crippen molar-refractivity contribution >= 4 is 28.4 Å². The van der Waals surface area contributed by atoms with E-state index < -0.39 is 11.4 Å². The van der Waals surface area contributed by atoms with Gasteiger partial charge in [-0.05, 0) is 60.4 Å². The second-order valence-electron chi connectivity index (χ2n) is 9.52. The van der Waals surface area contributed by atoms with Crippen LogP contribution in [0.25, 0.3) is 10.9 Å². The van der Waals surface area contributed by atoms with Crippen molar-refractivity contribution in [1.82, 2.24) is 4.98 Å². The first-order chi connectivity index (χ1) is 18.8. The first-order valence-electron chi connectivity index (χ1n) is 12.5. The summed E-state index contributed by atoms with van der Waals surface area (Å²) in [6, 6.07) is 17.8. The van der Waals surface area contributed by atoms with E-state index in [2.05, 4.69) is 4.98 Å². The summed E-state index contributed by atoms with van der Waals surface area (Å²) in [5, 5.41) is 0.605. The summed E-state index contributed by atoms with van der Waals surface area (Å²) >= 11 is 0. The molecule has 198 valence electrons. The Morgan fingerprint density at radius 3 is 2.03 bits per heavy atom. The van der Waals surface area contributed by atoms with Crippen LogP contribution >= 0.6 is 0 Å². The Hall–Kier alpha value is -4.59. The normalized spacial score (nSPS) is 13.5. The number of Topliss-reactive ketones (excluding diaryl/α,β-unsaturated/α-hetero) is 2. The number of carbonyl (C=O) groups is 3. The Morgan fingerprint density at radius 2 is 1.46 bits per heavy atom. The van der Waals surface area contributed by atoms with E-state index in [1.54, 1.807) is 60.8 Å². The smallest absolute Gasteiger partial charge is 0.341 e. The Morgan fingerprint density at radius 1 is 0.846 bits per heavy atom. The predicted molar refractivity (Wildman–Crippen MR) is 142 cm³/mol. The molecule has 0 bridgehead atoms. The van der Waals surface area contributed by atoms with E-state index >= 15 is 0 Å². The average Bonchev–Trinajstić information content (AvgIpc) is 3.77. The van der Waals surface area contributed by atoms with E-state index in [4.69, 9.17) is 14.2 Å². The van der Waals surface area contributed by atoms with Gasteiger partial charge in [0.2, 0.25) is 0 Å². The second-order valence-corrected chi connectivity index (χ2v) is 9.52. The number of rotatable bonds is 10. The molecule has 1 aromatic heterocycles. The van der Waals surface area contributed by atoms with Gasteiger partial charge in [0.15, 0.2) is 11.6 Å². The largest absolute Gasteiger partial charge is 0.496 e. The molecule has 1 aliphatic rings. The molecule has 39 heavy (non-hydrogen) atoms. The van der Waals surface area contributed by atoms with Crippen molar-refractivity contribution in [3.63, 3.8) is 0 Å². The fraction of sp³-hybridized carbons (Fsp3) is 0.226. The number of hydrogen-bond donors (Lipinski definition) is 0. The van der Waals surface area contributed by atoms with Gasteiger partial charge in [0, 0.05) is 30.5 Å². The number of hydrogen-bond acceptors (Lipinski definition) is 7. The summed E-state index contributed by atoms with van der Waals surface area (Å²) < 4.78 is 29.4. The van der Waals surface area contributed by atoms with E-state index in [1.165, 1.54) is 26.4 Å². The number of methoxy groups -OCH3 is 2. The summed E-state index contributed by atoms with van der Waals surface area (Å²) in [4.78, 5) is 42.6. The van der Waals surface area contributed by atoms with Crippen LogP contribution in [0.1, 0.15) is 34.3 Å². The molecule has 1 fully saturated rings. The molecule has 3 aromatic carbocycles. The topological polar surface area (TPSA) is 91.8 Å². The maximum absolute atomic E-state index is 13.2. The number of pyridine rings is 1. The van der Waals surface area contributed by atoms with Gasteiger partial charge in [-0.2, -0.15) is 0 Å². The first kappa shape index (κ1) is 26.0. The third-order valence-electron chi connectivity index (χ3n) is 7.04. The highest BCUT2D eigenvalue weighted by atomic mass is 19.1. The minimum Gasteiger partial charge on any atom is -0.496 e. The van der Waals surface area contributed by atoms with Gasteiger partial charge in [-0.15, -0.1) is 0 Å². The van der Waals surface area contributed by atoms with Crippen molar-refractivity contribution in [2.75, 3.05) is 14.2 Å². The molecule has 4 aromatic rings. The quantitative estimate of drug-likeness (QED) is 0.194. The number of esters is 1. The highest BCUT2D eigenvalue weighted by Crippen LogP contribution is 2.49. The van der Waals surface area contributed by atoms with Crippen molar-refractivity contribution < 1.29 is 33.0 Å². The maximum atomic E-state index is 13.2. The Kier molecular flexibility index (Phi) is 7.11. The number of fused-ring (bicyclic) bond motifs is 1. The van der Waals surface area contributed by atoms with Crippen LogP contribution in [-0.4, -0.2) is 36.7 Å². The maximum Gasteiger partial charge on any atom is 0.341 e. The van der Waals surface area contributed by atoms with Crippen LogP contribution in [0.4, 0.5) is 4.39 Å². The molecule has 8 heteroatoms. The summed E-state index contributed by atoms with van der Waals surface area (Å²) in [7, 11) is 2.76. The van der Waals surface area contributed by atoms with Gasteiger partial charge < -0.3 is 14.2 Å². The summed E-state index contributed by atoms with van der Waals surface area (Å²) in [6.07, 6.45) is 2.93. The van der Waals surface area contributed by atoms with Crippen LogP contribution in [0.15, 0.2) is 72.9 Å². The number of benzene rings is 3. The van der Waals surface area contributed by atoms with E-state index in [-0.39, 0.29) is 35.8 Å². The molecule has 0 aliphatic heterocycles. The van der Waals surface area contributed by atoms with Crippen LogP contribution in [0.2, 0.25) is 0 Å². The molecule has 0 unspecified atom stereocenters. The van der Waals surface area contributed by atoms with Crippen LogP contribution in [-0.2, 0) is 27.2 Å². The molecule has 1 saturated carbocycles. The molecule has 7 nitrogen and oxygen atoms in total. The summed E-state index contributed by atoms with van der Waals surface area (Å²) in [5.74, 6) is 0.237. The fourth-order valence-electron chi connectivity index (χ4n) is 4.63. The number of halogens is 1. The molecule has 0 radical (unpaired) electrons. The van der Waals surface area contributed by atoms with Crippen LogP contribution in [0.5, 0.6) is 17.2 Å². The predicted octanol–water partition coefficient (Wildman–Crippen LogP) is 5.67. The van der Waals surface area contributed by atoms with Crippen molar-refractivity contribution in [3.8, 4) is 17.2 Å². The van der Waals surface area contributed by atoms with E-state index in [0.717, 1.165) is 5.56 Å². The Balaban J connectivity index is 1.29. The van der Waals surface area contributed by atoms with Gasteiger partial charge in [-0.1, -0.05) is 24.3 Å². The molecule has 1 heterocycles. The average molecular weight is 528 g/mol. The lowest BCUT2D eigenvalue weighted by Gasteiger charge is -2.14. The van der Waals surface area contributed by atoms with Crippen LogP contribution in [0, 0.1) is 11.2 Å². The fourth-order valence-corrected chi connectivity index (χ4v) is 4.63. The van der Waals surface area contributed by atoms with E-state index in [0.29, 0.717) is 46.6 Å². The van der Waals surface area contributed by atoms with Crippen LogP contribution in [0.3, 0.4) is 0 Å². The van der Waals surface area contributed by atoms with Gasteiger partial charge >= 0.3 is 5.97 Å². The highest BCUT2D eigenvalue weighted by molar-refractivity contribution is 6.11. The van der Waals surface area contributed by atoms with Gasteiger partial charge in [0.05, 0.1) is 25.2 Å². The summed E-state index contributed by atoms with van der Waals surface area (Å²) in [5.41, 5.74) is 1.35. The van der Waals surface area contributed by atoms with E-state index in [9.17, 15) is 18.8 Å². The number of nitrogens with zero attached hydrogens (tertiary/aromatic N) is 1. The van der Waals surface area contributed by atoms with Gasteiger partial charge in [-0.3, -0.25) is 14.6 Å². The van der Waals surface area contributed by atoms with Gasteiger partial charge in [0.1, 0.15) is 28.6 Å². The molecule has 0 atom stereocenters. The van der Waals surface area contributed by atoms with Crippen LogP contribution < -0.4 is 9.47 Å². The van der Waals surface area contributed by atoms with Crippen molar-refractivity contribution in [1.29, 1.82) is 0 Å². The number of carbonyl (C=O) groups excluding carboxylic acids is 3. The van der Waals surface area contributed by atoms with Gasteiger partial charge in [-0.25, -0.2) is 9.18 Å². The van der Waals surface area contributed by atoms with Gasteiger partial charge in [0.25, 0.3) is 0 Å². The number of aromatic nitrogens is 1. The molecular formula is C31H26FNO6. The minimum absolute atomic E-state index is 0.104. The molecule has 0 spiro atoms. The zero-order chi connectivity index (χ0) is 27.6. The molecule has 0 N–H and O–H groups in total. The standard InChI is InChI=1S/C31H26FNO6/c1-37-27-18-25-23(17-24(27)30(36)38-2)26(11-14-33-25)39-22-9-5-20(6-10-22)16-29(35)31(12-13-31)28(34)15-19-3-7-21(32)8-4-19/h3-11,14,17-18H,12-13,15-16H2,1-2H3. The second kappa shape index (κ2) is 10.6. The number of ether oxygens (including phenoxy) is 3. The SMILES string of the molecule is COC(=O)c1cc2c(Oc3ccc(CC(=O)C4(C(=O)Cc5ccc(F)cc5)CC4)cc3)ccnc2cc1OC. The summed E-state index contributed by atoms with van der Waals surface area (Å²) in [6.45, 7) is 0. The highest BCUT2D eigenvalue weighted by Gasteiger charge is 2.54. The minimum atomic E-state index is -0.947.